The van der Waals surface area contributed by atoms with E-state index in [0.717, 1.165) is 17.1 Å². The quantitative estimate of drug-likeness (QED) is 0.787. The van der Waals surface area contributed by atoms with Crippen molar-refractivity contribution < 1.29 is 13.9 Å². The standard InChI is InChI=1S/C16H22N4O3S/c1-10-7-20(8-11(2)23-10)14(21)9-24-16-18-17-15(19(16)4)13-5-6-22-12(13)3/h5-6,10-11H,7-9H2,1-4H3/t10-,11-/m0/s1. The highest BCUT2D eigenvalue weighted by molar-refractivity contribution is 7.99. The highest BCUT2D eigenvalue weighted by Gasteiger charge is 2.26. The molecule has 8 heteroatoms. The van der Waals surface area contributed by atoms with Gasteiger partial charge < -0.3 is 18.6 Å². The zero-order chi connectivity index (χ0) is 17.3. The van der Waals surface area contributed by atoms with Gasteiger partial charge in [0.25, 0.3) is 0 Å². The van der Waals surface area contributed by atoms with Crippen molar-refractivity contribution in [1.29, 1.82) is 0 Å². The Morgan fingerprint density at radius 1 is 1.33 bits per heavy atom. The maximum Gasteiger partial charge on any atom is 0.233 e. The second kappa shape index (κ2) is 6.98. The van der Waals surface area contributed by atoms with E-state index in [9.17, 15) is 4.79 Å². The number of aromatic nitrogens is 3. The van der Waals surface area contributed by atoms with E-state index in [1.165, 1.54) is 11.8 Å². The summed E-state index contributed by atoms with van der Waals surface area (Å²) < 4.78 is 12.9. The van der Waals surface area contributed by atoms with Crippen molar-refractivity contribution in [3.63, 3.8) is 0 Å². The molecule has 1 saturated heterocycles. The lowest BCUT2D eigenvalue weighted by Gasteiger charge is -2.35. The number of amides is 1. The number of ether oxygens (including phenoxy) is 1. The summed E-state index contributed by atoms with van der Waals surface area (Å²) in [6, 6.07) is 1.87. The highest BCUT2D eigenvalue weighted by Crippen LogP contribution is 2.26. The van der Waals surface area contributed by atoms with Crippen LogP contribution in [0.1, 0.15) is 19.6 Å². The average Bonchev–Trinajstić information content (AvgIpc) is 3.09. The van der Waals surface area contributed by atoms with Crippen LogP contribution in [0.3, 0.4) is 0 Å². The van der Waals surface area contributed by atoms with Crippen LogP contribution >= 0.6 is 11.8 Å². The molecule has 130 valence electrons. The fraction of sp³-hybridized carbons (Fsp3) is 0.562. The molecule has 0 aliphatic carbocycles. The van der Waals surface area contributed by atoms with Gasteiger partial charge in [-0.3, -0.25) is 4.79 Å². The third-order valence-electron chi connectivity index (χ3n) is 4.03. The van der Waals surface area contributed by atoms with Crippen LogP contribution in [0, 0.1) is 6.92 Å². The summed E-state index contributed by atoms with van der Waals surface area (Å²) in [7, 11) is 1.90. The van der Waals surface area contributed by atoms with Crippen molar-refractivity contribution in [3.05, 3.63) is 18.1 Å². The van der Waals surface area contributed by atoms with Crippen LogP contribution in [0.25, 0.3) is 11.4 Å². The summed E-state index contributed by atoms with van der Waals surface area (Å²) in [5, 5.41) is 9.14. The van der Waals surface area contributed by atoms with E-state index in [2.05, 4.69) is 10.2 Å². The van der Waals surface area contributed by atoms with Crippen molar-refractivity contribution in [2.75, 3.05) is 18.8 Å². The van der Waals surface area contributed by atoms with E-state index in [0.29, 0.717) is 24.0 Å². The van der Waals surface area contributed by atoms with Gasteiger partial charge in [-0.05, 0) is 26.8 Å². The minimum absolute atomic E-state index is 0.0770. The number of nitrogens with zero attached hydrogens (tertiary/aromatic N) is 4. The molecule has 0 spiro atoms. The van der Waals surface area contributed by atoms with Crippen LogP contribution in [-0.4, -0.2) is 56.6 Å². The molecule has 0 saturated carbocycles. The fourth-order valence-electron chi connectivity index (χ4n) is 2.89. The van der Waals surface area contributed by atoms with E-state index in [4.69, 9.17) is 9.15 Å². The first-order chi connectivity index (χ1) is 11.5. The van der Waals surface area contributed by atoms with Crippen molar-refractivity contribution in [2.45, 2.75) is 38.1 Å². The Hall–Kier alpha value is -1.80. The Kier molecular flexibility index (Phi) is 4.96. The molecule has 0 unspecified atom stereocenters. The first kappa shape index (κ1) is 17.0. The van der Waals surface area contributed by atoms with Gasteiger partial charge >= 0.3 is 0 Å². The smallest absolute Gasteiger partial charge is 0.233 e. The van der Waals surface area contributed by atoms with E-state index in [-0.39, 0.29) is 18.1 Å². The number of furan rings is 1. The SMILES string of the molecule is Cc1occc1-c1nnc(SCC(=O)N2C[C@H](C)O[C@@H](C)C2)n1C. The lowest BCUT2D eigenvalue weighted by molar-refractivity contribution is -0.140. The number of carbonyl (C=O) groups is 1. The van der Waals surface area contributed by atoms with Gasteiger partial charge in [0.15, 0.2) is 11.0 Å². The van der Waals surface area contributed by atoms with Crippen molar-refractivity contribution in [2.24, 2.45) is 7.05 Å². The molecular weight excluding hydrogens is 328 g/mol. The summed E-state index contributed by atoms with van der Waals surface area (Å²) in [6.45, 7) is 7.15. The number of hydrogen-bond acceptors (Lipinski definition) is 6. The monoisotopic (exact) mass is 350 g/mol. The third kappa shape index (κ3) is 3.49. The molecule has 1 amide bonds. The number of carbonyl (C=O) groups excluding carboxylic acids is 1. The maximum atomic E-state index is 12.4. The normalized spacial score (nSPS) is 21.2. The van der Waals surface area contributed by atoms with E-state index in [1.54, 1.807) is 6.26 Å². The summed E-state index contributed by atoms with van der Waals surface area (Å²) >= 11 is 1.40. The molecule has 2 atom stereocenters. The van der Waals surface area contributed by atoms with Crippen LogP contribution in [0.4, 0.5) is 0 Å². The molecule has 1 fully saturated rings. The minimum Gasteiger partial charge on any atom is -0.469 e. The largest absolute Gasteiger partial charge is 0.469 e. The zero-order valence-corrected chi connectivity index (χ0v) is 15.2. The van der Waals surface area contributed by atoms with Crippen LogP contribution in [0.5, 0.6) is 0 Å². The van der Waals surface area contributed by atoms with Crippen molar-refractivity contribution in [1.82, 2.24) is 19.7 Å². The van der Waals surface area contributed by atoms with Gasteiger partial charge in [-0.15, -0.1) is 10.2 Å². The van der Waals surface area contributed by atoms with E-state index >= 15 is 0 Å². The third-order valence-corrected chi connectivity index (χ3v) is 5.04. The molecule has 0 N–H and O–H groups in total. The number of aryl methyl sites for hydroxylation is 1. The molecule has 0 radical (unpaired) electrons. The molecule has 3 rings (SSSR count). The molecule has 1 aliphatic rings. The Bertz CT molecular complexity index is 717. The number of rotatable bonds is 4. The Labute approximate surface area is 145 Å². The number of hydrogen-bond donors (Lipinski definition) is 0. The molecular formula is C16H22N4O3S. The van der Waals surface area contributed by atoms with Gasteiger partial charge in [-0.25, -0.2) is 0 Å². The zero-order valence-electron chi connectivity index (χ0n) is 14.4. The van der Waals surface area contributed by atoms with Gasteiger partial charge in [0.2, 0.25) is 5.91 Å². The van der Waals surface area contributed by atoms with Crippen LogP contribution < -0.4 is 0 Å². The molecule has 7 nitrogen and oxygen atoms in total. The maximum absolute atomic E-state index is 12.4. The van der Waals surface area contributed by atoms with Gasteiger partial charge in [0.1, 0.15) is 5.76 Å². The van der Waals surface area contributed by atoms with Crippen LogP contribution in [0.15, 0.2) is 21.9 Å². The Balaban J connectivity index is 1.64. The van der Waals surface area contributed by atoms with Gasteiger partial charge in [-0.1, -0.05) is 11.8 Å². The van der Waals surface area contributed by atoms with Gasteiger partial charge in [-0.2, -0.15) is 0 Å². The van der Waals surface area contributed by atoms with Crippen molar-refractivity contribution in [3.8, 4) is 11.4 Å². The predicted molar refractivity (Wildman–Crippen MR) is 90.8 cm³/mol. The fourth-order valence-corrected chi connectivity index (χ4v) is 3.71. The molecule has 0 bridgehead atoms. The Morgan fingerprint density at radius 2 is 2.04 bits per heavy atom. The summed E-state index contributed by atoms with van der Waals surface area (Å²) in [6.07, 6.45) is 1.79. The lowest BCUT2D eigenvalue weighted by Crippen LogP contribution is -2.48. The molecule has 2 aromatic heterocycles. The summed E-state index contributed by atoms with van der Waals surface area (Å²) in [5.41, 5.74) is 0.916. The van der Waals surface area contributed by atoms with Crippen molar-refractivity contribution >= 4 is 17.7 Å². The molecule has 2 aromatic rings. The van der Waals surface area contributed by atoms with Gasteiger partial charge in [0, 0.05) is 20.1 Å². The van der Waals surface area contributed by atoms with Gasteiger partial charge in [0.05, 0.1) is 29.8 Å². The summed E-state index contributed by atoms with van der Waals surface area (Å²) in [5.74, 6) is 1.99. The summed E-state index contributed by atoms with van der Waals surface area (Å²) in [4.78, 5) is 14.3. The highest BCUT2D eigenvalue weighted by atomic mass is 32.2. The second-order valence-corrected chi connectivity index (χ2v) is 7.04. The predicted octanol–water partition coefficient (Wildman–Crippen LogP) is 2.11. The first-order valence-electron chi connectivity index (χ1n) is 7.95. The van der Waals surface area contributed by atoms with E-state index < -0.39 is 0 Å². The van der Waals surface area contributed by atoms with E-state index in [1.807, 2.05) is 43.4 Å². The Morgan fingerprint density at radius 3 is 2.67 bits per heavy atom. The number of thioether (sulfide) groups is 1. The molecule has 24 heavy (non-hydrogen) atoms. The first-order valence-corrected chi connectivity index (χ1v) is 8.94. The average molecular weight is 350 g/mol. The topological polar surface area (TPSA) is 73.4 Å². The molecule has 1 aliphatic heterocycles. The minimum atomic E-state index is 0.0770. The van der Waals surface area contributed by atoms with Crippen LogP contribution in [-0.2, 0) is 16.6 Å². The molecule has 3 heterocycles. The number of morpholine rings is 1. The second-order valence-electron chi connectivity index (χ2n) is 6.10. The molecule has 0 aromatic carbocycles. The van der Waals surface area contributed by atoms with Crippen LogP contribution in [0.2, 0.25) is 0 Å². The lowest BCUT2D eigenvalue weighted by atomic mass is 10.2.